The van der Waals surface area contributed by atoms with Crippen molar-refractivity contribution >= 4 is 29.8 Å². The Morgan fingerprint density at radius 2 is 2.06 bits per heavy atom. The lowest BCUT2D eigenvalue weighted by molar-refractivity contribution is -0.442. The van der Waals surface area contributed by atoms with E-state index in [0.29, 0.717) is 23.7 Å². The minimum Gasteiger partial charge on any atom is -0.402 e. The summed E-state index contributed by atoms with van der Waals surface area (Å²) in [6.07, 6.45) is 6.64. The van der Waals surface area contributed by atoms with Crippen molar-refractivity contribution < 1.29 is 13.7 Å². The highest BCUT2D eigenvalue weighted by molar-refractivity contribution is 6.05. The van der Waals surface area contributed by atoms with Crippen LogP contribution in [0, 0.1) is 5.82 Å². The van der Waals surface area contributed by atoms with Crippen molar-refractivity contribution in [2.24, 2.45) is 4.99 Å². The summed E-state index contributed by atoms with van der Waals surface area (Å²) >= 11 is 0. The van der Waals surface area contributed by atoms with Crippen LogP contribution in [0.2, 0.25) is 0 Å². The predicted octanol–water partition coefficient (Wildman–Crippen LogP) is 3.46. The zero-order chi connectivity index (χ0) is 21.4. The van der Waals surface area contributed by atoms with Gasteiger partial charge in [-0.3, -0.25) is 4.99 Å². The van der Waals surface area contributed by atoms with Crippen LogP contribution >= 0.6 is 0 Å². The zero-order valence-electron chi connectivity index (χ0n) is 17.6. The maximum atomic E-state index is 15.1. The maximum Gasteiger partial charge on any atom is 0.441 e. The van der Waals surface area contributed by atoms with Crippen LogP contribution in [0.3, 0.4) is 0 Å². The lowest BCUT2D eigenvalue weighted by Crippen LogP contribution is -2.33. The Bertz CT molecular complexity index is 1180. The molecule has 3 aliphatic rings. The third-order valence-corrected chi connectivity index (χ3v) is 5.41. The van der Waals surface area contributed by atoms with Gasteiger partial charge in [-0.1, -0.05) is 17.7 Å². The number of allylic oxidation sites excluding steroid dienone is 1. The van der Waals surface area contributed by atoms with E-state index in [4.69, 9.17) is 4.74 Å². The summed E-state index contributed by atoms with van der Waals surface area (Å²) in [7, 11) is 0. The Balaban J connectivity index is 1.50. The summed E-state index contributed by atoms with van der Waals surface area (Å²) in [6.45, 7) is 7.06. The Morgan fingerprint density at radius 3 is 2.84 bits per heavy atom. The van der Waals surface area contributed by atoms with Crippen molar-refractivity contribution in [2.45, 2.75) is 20.3 Å². The Kier molecular flexibility index (Phi) is 5.07. The molecular formula is C23H24FN6O+. The first kappa shape index (κ1) is 19.6. The molecule has 0 unspecified atom stereocenters. The highest BCUT2D eigenvalue weighted by atomic mass is 19.1. The smallest absolute Gasteiger partial charge is 0.402 e. The number of halogens is 1. The van der Waals surface area contributed by atoms with Gasteiger partial charge < -0.3 is 15.4 Å². The quantitative estimate of drug-likeness (QED) is 0.743. The number of nitrogens with zero attached hydrogens (tertiary/aromatic N) is 4. The first-order valence-electron chi connectivity index (χ1n) is 10.4. The molecule has 7 nitrogen and oxygen atoms in total. The zero-order valence-corrected chi connectivity index (χ0v) is 17.6. The lowest BCUT2D eigenvalue weighted by Gasteiger charge is -2.12. The van der Waals surface area contributed by atoms with Gasteiger partial charge in [-0.05, 0) is 43.5 Å². The van der Waals surface area contributed by atoms with Gasteiger partial charge in [-0.25, -0.2) is 8.97 Å². The van der Waals surface area contributed by atoms with Crippen molar-refractivity contribution in [2.75, 3.05) is 31.5 Å². The third-order valence-electron chi connectivity index (χ3n) is 5.41. The average Bonchev–Trinajstić information content (AvgIpc) is 3.35. The molecule has 1 aromatic heterocycles. The van der Waals surface area contributed by atoms with Crippen LogP contribution in [-0.2, 0) is 6.42 Å². The number of amidine groups is 1. The molecule has 0 atom stereocenters. The highest BCUT2D eigenvalue weighted by Crippen LogP contribution is 2.34. The number of ether oxygens (including phenoxy) is 1. The number of fused-ring (bicyclic) bond motifs is 1. The Hall–Kier alpha value is -3.39. The van der Waals surface area contributed by atoms with E-state index in [1.165, 1.54) is 5.57 Å². The molecule has 2 N–H and O–H groups in total. The van der Waals surface area contributed by atoms with Gasteiger partial charge in [-0.2, -0.15) is 4.98 Å². The Morgan fingerprint density at radius 1 is 1.16 bits per heavy atom. The van der Waals surface area contributed by atoms with Gasteiger partial charge >= 0.3 is 11.8 Å². The number of rotatable bonds is 4. The minimum atomic E-state index is -0.384. The van der Waals surface area contributed by atoms with E-state index < -0.39 is 0 Å². The number of aliphatic imine (C=N–C) groups is 1. The molecule has 0 spiro atoms. The second-order valence-electron chi connectivity index (χ2n) is 8.01. The molecule has 2 aliphatic heterocycles. The van der Waals surface area contributed by atoms with Gasteiger partial charge in [0, 0.05) is 17.1 Å². The van der Waals surface area contributed by atoms with Crippen molar-refractivity contribution in [3.8, 4) is 11.8 Å². The SMILES string of the molecule is CC1=CC(Nc2cc([N+]3=CCNCC3)nc(Oc3ccc4c(c3F)C=C(C)C4)n2)=NC1. The van der Waals surface area contributed by atoms with Crippen molar-refractivity contribution in [3.63, 3.8) is 0 Å². The topological polar surface area (TPSA) is 74.4 Å². The first-order chi connectivity index (χ1) is 15.0. The molecule has 8 heteroatoms. The second-order valence-corrected chi connectivity index (χ2v) is 8.01. The third kappa shape index (κ3) is 4.11. The summed E-state index contributed by atoms with van der Waals surface area (Å²) in [5, 5.41) is 6.50. The van der Waals surface area contributed by atoms with E-state index in [1.54, 1.807) is 6.07 Å². The Labute approximate surface area is 180 Å². The van der Waals surface area contributed by atoms with Crippen molar-refractivity contribution in [3.05, 3.63) is 52.4 Å². The molecule has 2 aromatic rings. The summed E-state index contributed by atoms with van der Waals surface area (Å²) in [4.78, 5) is 13.5. The molecule has 0 radical (unpaired) electrons. The first-order valence-corrected chi connectivity index (χ1v) is 10.4. The van der Waals surface area contributed by atoms with E-state index in [-0.39, 0.29) is 17.6 Å². The number of anilines is 1. The van der Waals surface area contributed by atoms with Crippen LogP contribution in [0.5, 0.6) is 11.8 Å². The molecule has 0 bridgehead atoms. The van der Waals surface area contributed by atoms with Gasteiger partial charge in [0.15, 0.2) is 11.6 Å². The number of benzene rings is 1. The summed E-state index contributed by atoms with van der Waals surface area (Å²) < 4.78 is 23.0. The van der Waals surface area contributed by atoms with Crippen LogP contribution < -0.4 is 15.4 Å². The van der Waals surface area contributed by atoms with Gasteiger partial charge in [0.25, 0.3) is 0 Å². The van der Waals surface area contributed by atoms with Crippen LogP contribution in [0.4, 0.5) is 16.0 Å². The fourth-order valence-corrected chi connectivity index (χ4v) is 3.88. The molecule has 0 saturated heterocycles. The van der Waals surface area contributed by atoms with E-state index >= 15 is 4.39 Å². The van der Waals surface area contributed by atoms with Gasteiger partial charge in [0.05, 0.1) is 25.4 Å². The molecule has 0 amide bonds. The number of hydrogen-bond donors (Lipinski definition) is 2. The fourth-order valence-electron chi connectivity index (χ4n) is 3.88. The summed E-state index contributed by atoms with van der Waals surface area (Å²) in [6, 6.07) is 5.48. The van der Waals surface area contributed by atoms with E-state index in [1.807, 2.05) is 48.9 Å². The lowest BCUT2D eigenvalue weighted by atomic mass is 10.1. The molecule has 5 rings (SSSR count). The molecule has 0 fully saturated rings. The monoisotopic (exact) mass is 419 g/mol. The molecule has 1 aromatic carbocycles. The number of aromatic nitrogens is 2. The number of nitrogens with one attached hydrogen (secondary N) is 2. The molecule has 158 valence electrons. The van der Waals surface area contributed by atoms with Gasteiger partial charge in [-0.15, -0.1) is 0 Å². The van der Waals surface area contributed by atoms with E-state index in [9.17, 15) is 0 Å². The summed E-state index contributed by atoms with van der Waals surface area (Å²) in [5.41, 5.74) is 3.86. The molecular weight excluding hydrogens is 395 g/mol. The van der Waals surface area contributed by atoms with Crippen LogP contribution in [0.15, 0.2) is 40.4 Å². The van der Waals surface area contributed by atoms with Crippen molar-refractivity contribution in [1.29, 1.82) is 0 Å². The number of hydrogen-bond acceptors (Lipinski definition) is 6. The fraction of sp³-hybridized carbons (Fsp3) is 0.304. The van der Waals surface area contributed by atoms with E-state index in [2.05, 4.69) is 25.6 Å². The average molecular weight is 419 g/mol. The maximum absolute atomic E-state index is 15.1. The molecule has 3 heterocycles. The minimum absolute atomic E-state index is 0.0868. The van der Waals surface area contributed by atoms with Crippen molar-refractivity contribution in [1.82, 2.24) is 15.3 Å². The standard InChI is InChI=1S/C23H24FN6O/c1-14-9-16-3-4-18(22(24)17(16)10-14)31-23-28-20(27-19-11-15(2)13-26-19)12-21(29-23)30-7-5-25-6-8-30/h3-4,7,10-12,25H,5-6,8-9,13H2,1-2H3,(H,26,27,28,29)/q+1. The van der Waals surface area contributed by atoms with Gasteiger partial charge in [0.1, 0.15) is 18.2 Å². The van der Waals surface area contributed by atoms with Crippen LogP contribution in [0.1, 0.15) is 25.0 Å². The molecule has 0 saturated carbocycles. The molecule has 31 heavy (non-hydrogen) atoms. The highest BCUT2D eigenvalue weighted by Gasteiger charge is 2.23. The largest absolute Gasteiger partial charge is 0.441 e. The molecule has 1 aliphatic carbocycles. The van der Waals surface area contributed by atoms with Crippen LogP contribution in [-0.4, -0.2) is 52.8 Å². The normalized spacial score (nSPS) is 17.5. The van der Waals surface area contributed by atoms with Crippen LogP contribution in [0.25, 0.3) is 6.08 Å². The predicted molar refractivity (Wildman–Crippen MR) is 119 cm³/mol. The second kappa shape index (κ2) is 8.03. The van der Waals surface area contributed by atoms with E-state index in [0.717, 1.165) is 43.0 Å². The summed E-state index contributed by atoms with van der Waals surface area (Å²) in [5.74, 6) is 1.71. The van der Waals surface area contributed by atoms with Gasteiger partial charge in [0.2, 0.25) is 0 Å².